The van der Waals surface area contributed by atoms with Crippen molar-refractivity contribution in [1.82, 2.24) is 15.4 Å². The fourth-order valence-corrected chi connectivity index (χ4v) is 4.09. The van der Waals surface area contributed by atoms with E-state index in [-0.39, 0.29) is 10.7 Å². The van der Waals surface area contributed by atoms with E-state index in [9.17, 15) is 18.0 Å². The van der Waals surface area contributed by atoms with Crippen LogP contribution in [0.4, 0.5) is 11.5 Å². The number of carbonyl (C=O) groups excluding carboxylic acids is 2. The molecule has 2 amide bonds. The van der Waals surface area contributed by atoms with Crippen molar-refractivity contribution in [2.75, 3.05) is 36.2 Å². The van der Waals surface area contributed by atoms with Crippen LogP contribution in [-0.2, 0) is 19.6 Å². The van der Waals surface area contributed by atoms with Gasteiger partial charge in [-0.25, -0.2) is 8.42 Å². The van der Waals surface area contributed by atoms with Crippen molar-refractivity contribution < 1.29 is 22.5 Å². The summed E-state index contributed by atoms with van der Waals surface area (Å²) in [4.78, 5) is 26.2. The van der Waals surface area contributed by atoms with Crippen LogP contribution in [0.3, 0.4) is 0 Å². The molecule has 0 aliphatic carbocycles. The van der Waals surface area contributed by atoms with Crippen LogP contribution in [0.25, 0.3) is 0 Å². The van der Waals surface area contributed by atoms with E-state index in [2.05, 4.69) is 25.4 Å². The van der Waals surface area contributed by atoms with Gasteiger partial charge in [0.2, 0.25) is 0 Å². The molecule has 1 aromatic heterocycles. The number of carbonyl (C=O) groups is 2. The standard InChI is InChI=1S/C19H25N5O5S/c1-14-13-17(22-29-14)23-30(27,28)16-7-5-15(6-8-16)21-19(26)18(25)20-9-12-24-10-3-2-4-11-24/h5-8,13H,2-4,9-12H2,1H3,(H,20,25)(H,21,26)(H,22,23). The lowest BCUT2D eigenvalue weighted by molar-refractivity contribution is -0.136. The maximum Gasteiger partial charge on any atom is 0.313 e. The summed E-state index contributed by atoms with van der Waals surface area (Å²) >= 11 is 0. The van der Waals surface area contributed by atoms with Crippen LogP contribution >= 0.6 is 0 Å². The summed E-state index contributed by atoms with van der Waals surface area (Å²) in [7, 11) is -3.85. The number of likely N-dealkylation sites (tertiary alicyclic amines) is 1. The molecule has 1 saturated heterocycles. The van der Waals surface area contributed by atoms with E-state index < -0.39 is 21.8 Å². The average Bonchev–Trinajstić information content (AvgIpc) is 3.13. The predicted octanol–water partition coefficient (Wildman–Crippen LogP) is 1.32. The van der Waals surface area contributed by atoms with Crippen molar-refractivity contribution in [1.29, 1.82) is 0 Å². The van der Waals surface area contributed by atoms with Crippen molar-refractivity contribution in [3.05, 3.63) is 36.1 Å². The molecular formula is C19H25N5O5S. The summed E-state index contributed by atoms with van der Waals surface area (Å²) < 4.78 is 31.8. The Balaban J connectivity index is 1.49. The molecule has 162 valence electrons. The zero-order valence-electron chi connectivity index (χ0n) is 16.7. The van der Waals surface area contributed by atoms with E-state index in [1.165, 1.54) is 36.8 Å². The lowest BCUT2D eigenvalue weighted by Gasteiger charge is -2.26. The first-order chi connectivity index (χ1) is 14.3. The van der Waals surface area contributed by atoms with Crippen LogP contribution < -0.4 is 15.4 Å². The van der Waals surface area contributed by atoms with Crippen LogP contribution in [0.15, 0.2) is 39.8 Å². The highest BCUT2D eigenvalue weighted by atomic mass is 32.2. The summed E-state index contributed by atoms with van der Waals surface area (Å²) in [5.74, 6) is -0.988. The summed E-state index contributed by atoms with van der Waals surface area (Å²) in [5, 5.41) is 8.64. The zero-order valence-corrected chi connectivity index (χ0v) is 17.5. The molecule has 0 radical (unpaired) electrons. The monoisotopic (exact) mass is 435 g/mol. The number of piperidine rings is 1. The fraction of sp³-hybridized carbons (Fsp3) is 0.421. The van der Waals surface area contributed by atoms with Crippen molar-refractivity contribution in [3.8, 4) is 0 Å². The first-order valence-electron chi connectivity index (χ1n) is 9.71. The number of aryl methyl sites for hydroxylation is 1. The number of amides is 2. The van der Waals surface area contributed by atoms with Gasteiger partial charge < -0.3 is 20.1 Å². The topological polar surface area (TPSA) is 134 Å². The SMILES string of the molecule is Cc1cc(NS(=O)(=O)c2ccc(NC(=O)C(=O)NCCN3CCCCC3)cc2)no1. The molecular weight excluding hydrogens is 410 g/mol. The molecule has 0 unspecified atom stereocenters. The molecule has 2 heterocycles. The number of anilines is 2. The normalized spacial score (nSPS) is 14.8. The Hall–Kier alpha value is -2.92. The number of nitrogens with zero attached hydrogens (tertiary/aromatic N) is 2. The van der Waals surface area contributed by atoms with E-state index in [0.29, 0.717) is 24.5 Å². The third-order valence-corrected chi connectivity index (χ3v) is 6.03. The lowest BCUT2D eigenvalue weighted by atomic mass is 10.1. The van der Waals surface area contributed by atoms with Gasteiger partial charge in [0.15, 0.2) is 5.82 Å². The van der Waals surface area contributed by atoms with Crippen LogP contribution in [-0.4, -0.2) is 56.5 Å². The third-order valence-electron chi connectivity index (χ3n) is 4.66. The molecule has 1 aliphatic heterocycles. The lowest BCUT2D eigenvalue weighted by Crippen LogP contribution is -2.41. The van der Waals surface area contributed by atoms with Crippen molar-refractivity contribution in [2.24, 2.45) is 0 Å². The summed E-state index contributed by atoms with van der Waals surface area (Å²) in [6, 6.07) is 6.90. The molecule has 0 spiro atoms. The zero-order chi connectivity index (χ0) is 21.6. The van der Waals surface area contributed by atoms with Gasteiger partial charge in [-0.2, -0.15) is 0 Å². The van der Waals surface area contributed by atoms with E-state index >= 15 is 0 Å². The first kappa shape index (κ1) is 21.8. The molecule has 1 fully saturated rings. The molecule has 10 nitrogen and oxygen atoms in total. The second kappa shape index (κ2) is 9.72. The van der Waals surface area contributed by atoms with Crippen LogP contribution in [0.1, 0.15) is 25.0 Å². The number of benzene rings is 1. The molecule has 0 saturated carbocycles. The maximum atomic E-state index is 12.4. The molecule has 11 heteroatoms. The smallest absolute Gasteiger partial charge is 0.313 e. The predicted molar refractivity (Wildman–Crippen MR) is 110 cm³/mol. The minimum Gasteiger partial charge on any atom is -0.360 e. The number of nitrogens with one attached hydrogen (secondary N) is 3. The van der Waals surface area contributed by atoms with Crippen molar-refractivity contribution in [2.45, 2.75) is 31.1 Å². The Labute approximate surface area is 175 Å². The second-order valence-corrected chi connectivity index (χ2v) is 8.75. The number of aromatic nitrogens is 1. The molecule has 30 heavy (non-hydrogen) atoms. The van der Waals surface area contributed by atoms with Gasteiger partial charge in [0.1, 0.15) is 5.76 Å². The fourth-order valence-electron chi connectivity index (χ4n) is 3.11. The highest BCUT2D eigenvalue weighted by Crippen LogP contribution is 2.18. The van der Waals surface area contributed by atoms with Gasteiger partial charge in [0.25, 0.3) is 10.0 Å². The number of hydrogen-bond acceptors (Lipinski definition) is 7. The molecule has 2 aromatic rings. The van der Waals surface area contributed by atoms with E-state index in [4.69, 9.17) is 4.52 Å². The summed E-state index contributed by atoms with van der Waals surface area (Å²) in [6.45, 7) is 4.79. The van der Waals surface area contributed by atoms with Crippen molar-refractivity contribution in [3.63, 3.8) is 0 Å². The number of rotatable bonds is 7. The Morgan fingerprint density at radius 1 is 1.10 bits per heavy atom. The molecule has 3 rings (SSSR count). The minimum absolute atomic E-state index is 0.0212. The van der Waals surface area contributed by atoms with E-state index in [1.807, 2.05) is 0 Å². The van der Waals surface area contributed by atoms with Crippen LogP contribution in [0.2, 0.25) is 0 Å². The van der Waals surface area contributed by atoms with E-state index in [0.717, 1.165) is 25.9 Å². The van der Waals surface area contributed by atoms with Gasteiger partial charge in [-0.1, -0.05) is 11.6 Å². The van der Waals surface area contributed by atoms with Crippen LogP contribution in [0.5, 0.6) is 0 Å². The highest BCUT2D eigenvalue weighted by molar-refractivity contribution is 7.92. The largest absolute Gasteiger partial charge is 0.360 e. The molecule has 0 bridgehead atoms. The molecule has 3 N–H and O–H groups in total. The van der Waals surface area contributed by atoms with E-state index in [1.54, 1.807) is 6.92 Å². The van der Waals surface area contributed by atoms with Crippen molar-refractivity contribution >= 4 is 33.3 Å². The molecule has 1 aliphatic rings. The quantitative estimate of drug-likeness (QED) is 0.559. The minimum atomic E-state index is -3.85. The Morgan fingerprint density at radius 2 is 1.80 bits per heavy atom. The Bertz CT molecular complexity index is 981. The van der Waals surface area contributed by atoms with Gasteiger partial charge in [0, 0.05) is 24.8 Å². The number of hydrogen-bond donors (Lipinski definition) is 3. The second-order valence-electron chi connectivity index (χ2n) is 7.07. The van der Waals surface area contributed by atoms with Gasteiger partial charge in [-0.3, -0.25) is 14.3 Å². The molecule has 0 atom stereocenters. The Kier molecular flexibility index (Phi) is 7.06. The first-order valence-corrected chi connectivity index (χ1v) is 11.2. The summed E-state index contributed by atoms with van der Waals surface area (Å²) in [5.41, 5.74) is 0.308. The highest BCUT2D eigenvalue weighted by Gasteiger charge is 2.18. The van der Waals surface area contributed by atoms with Crippen LogP contribution in [0, 0.1) is 6.92 Å². The van der Waals surface area contributed by atoms with Gasteiger partial charge in [0.05, 0.1) is 4.90 Å². The van der Waals surface area contributed by atoms with Gasteiger partial charge in [-0.05, 0) is 57.1 Å². The summed E-state index contributed by atoms with van der Waals surface area (Å²) in [6.07, 6.45) is 3.56. The third kappa shape index (κ3) is 6.04. The maximum absolute atomic E-state index is 12.4. The molecule has 1 aromatic carbocycles. The van der Waals surface area contributed by atoms with Gasteiger partial charge >= 0.3 is 11.8 Å². The van der Waals surface area contributed by atoms with Gasteiger partial charge in [-0.15, -0.1) is 0 Å². The Morgan fingerprint density at radius 3 is 2.43 bits per heavy atom. The average molecular weight is 436 g/mol. The number of sulfonamides is 1.